The summed E-state index contributed by atoms with van der Waals surface area (Å²) < 4.78 is 10.2. The van der Waals surface area contributed by atoms with Crippen molar-refractivity contribution in [1.82, 2.24) is 10.2 Å². The van der Waals surface area contributed by atoms with E-state index in [1.165, 1.54) is 0 Å². The van der Waals surface area contributed by atoms with Crippen LogP contribution in [0.5, 0.6) is 0 Å². The Morgan fingerprint density at radius 2 is 1.66 bits per heavy atom. The van der Waals surface area contributed by atoms with Crippen molar-refractivity contribution >= 4 is 23.6 Å². The molecule has 0 aromatic rings. The van der Waals surface area contributed by atoms with Gasteiger partial charge in [0.15, 0.2) is 11.8 Å². The minimum Gasteiger partial charge on any atom is -0.479 e. The first-order valence-corrected chi connectivity index (χ1v) is 12.4. The van der Waals surface area contributed by atoms with Crippen LogP contribution < -0.4 is 5.32 Å². The van der Waals surface area contributed by atoms with E-state index in [9.17, 15) is 9.59 Å². The van der Waals surface area contributed by atoms with E-state index in [1.54, 1.807) is 11.8 Å². The normalized spacial score (nSPS) is 13.2. The second kappa shape index (κ2) is 22.7. The molecule has 2 rings (SSSR count). The molecular weight excluding hydrogens is 448 g/mol. The van der Waals surface area contributed by atoms with Crippen LogP contribution in [0.15, 0.2) is 9.98 Å². The molecule has 2 aliphatic heterocycles. The number of nitrogens with one attached hydrogen (secondary N) is 1. The number of unbranched alkanes of at least 4 members (excludes halogenated alkanes) is 2. The third kappa shape index (κ3) is 18.0. The number of rotatable bonds is 13. The van der Waals surface area contributed by atoms with Gasteiger partial charge in [0, 0.05) is 58.2 Å². The Labute approximate surface area is 210 Å². The van der Waals surface area contributed by atoms with Crippen molar-refractivity contribution in [1.29, 1.82) is 0 Å². The van der Waals surface area contributed by atoms with Crippen LogP contribution in [0.1, 0.15) is 65.2 Å². The summed E-state index contributed by atoms with van der Waals surface area (Å²) in [6.07, 6.45) is 15.9. The molecule has 2 aliphatic rings. The van der Waals surface area contributed by atoms with Crippen LogP contribution in [0.4, 0.5) is 0 Å². The van der Waals surface area contributed by atoms with Crippen LogP contribution in [0.3, 0.4) is 0 Å². The summed E-state index contributed by atoms with van der Waals surface area (Å²) in [5.74, 6) is 6.78. The summed E-state index contributed by atoms with van der Waals surface area (Å²) in [5.41, 5.74) is 0. The van der Waals surface area contributed by atoms with Gasteiger partial charge in [-0.1, -0.05) is 13.8 Å². The zero-order valence-electron chi connectivity index (χ0n) is 21.4. The van der Waals surface area contributed by atoms with Crippen molar-refractivity contribution < 1.29 is 24.2 Å². The Balaban J connectivity index is 0.000000561. The Kier molecular flexibility index (Phi) is 20.8. The summed E-state index contributed by atoms with van der Waals surface area (Å²) in [7, 11) is 0. The van der Waals surface area contributed by atoms with Crippen molar-refractivity contribution in [3.63, 3.8) is 0 Å². The zero-order chi connectivity index (χ0) is 26.2. The van der Waals surface area contributed by atoms with Crippen LogP contribution in [0.2, 0.25) is 0 Å². The second-order valence-electron chi connectivity index (χ2n) is 7.52. The van der Waals surface area contributed by atoms with E-state index in [2.05, 4.69) is 27.1 Å². The molecule has 196 valence electrons. The predicted octanol–water partition coefficient (Wildman–Crippen LogP) is 2.18. The number of hydrogen-bond donors (Lipinski definition) is 2. The van der Waals surface area contributed by atoms with Gasteiger partial charge < -0.3 is 24.8 Å². The van der Waals surface area contributed by atoms with E-state index < -0.39 is 0 Å². The van der Waals surface area contributed by atoms with Crippen molar-refractivity contribution in [2.75, 3.05) is 52.5 Å². The number of amides is 2. The van der Waals surface area contributed by atoms with Crippen molar-refractivity contribution in [2.24, 2.45) is 9.98 Å². The molecule has 9 nitrogen and oxygen atoms in total. The summed E-state index contributed by atoms with van der Waals surface area (Å²) in [4.78, 5) is 32.6. The summed E-state index contributed by atoms with van der Waals surface area (Å²) in [6.45, 7) is 8.12. The Bertz CT molecular complexity index is 737. The quantitative estimate of drug-likeness (QED) is 0.304. The van der Waals surface area contributed by atoms with E-state index in [-0.39, 0.29) is 18.4 Å². The molecule has 2 amide bonds. The molecule has 0 unspecified atom stereocenters. The number of aliphatic hydroxyl groups is 1. The highest BCUT2D eigenvalue weighted by Gasteiger charge is 2.10. The van der Waals surface area contributed by atoms with E-state index in [0.29, 0.717) is 45.3 Å². The SMILES string of the molecule is C#CCCCC(=O)NCCN(CCO)C(=O)CC.C#CCCCC1=NCCO1.CCC1=NCCO1. The molecule has 0 aromatic carbocycles. The average molecular weight is 491 g/mol. The molecule has 0 spiro atoms. The monoisotopic (exact) mass is 490 g/mol. The van der Waals surface area contributed by atoms with Gasteiger partial charge in [-0.2, -0.15) is 0 Å². The van der Waals surface area contributed by atoms with Gasteiger partial charge >= 0.3 is 0 Å². The average Bonchev–Trinajstić information content (AvgIpc) is 3.59. The van der Waals surface area contributed by atoms with Crippen molar-refractivity contribution in [3.05, 3.63) is 0 Å². The first-order valence-electron chi connectivity index (χ1n) is 12.4. The lowest BCUT2D eigenvalue weighted by Crippen LogP contribution is -2.39. The Hall–Kier alpha value is -3.04. The van der Waals surface area contributed by atoms with Crippen LogP contribution in [-0.2, 0) is 19.1 Å². The molecule has 0 fully saturated rings. The lowest BCUT2D eigenvalue weighted by molar-refractivity contribution is -0.131. The summed E-state index contributed by atoms with van der Waals surface area (Å²) in [5, 5.41) is 11.6. The molecular formula is C26H42N4O5. The third-order valence-corrected chi connectivity index (χ3v) is 4.76. The Morgan fingerprint density at radius 3 is 2.14 bits per heavy atom. The molecule has 0 aliphatic carbocycles. The summed E-state index contributed by atoms with van der Waals surface area (Å²) >= 11 is 0. The number of hydrogen-bond acceptors (Lipinski definition) is 7. The smallest absolute Gasteiger partial charge is 0.222 e. The zero-order valence-corrected chi connectivity index (χ0v) is 21.4. The fraction of sp³-hybridized carbons (Fsp3) is 0.692. The van der Waals surface area contributed by atoms with Gasteiger partial charge in [-0.25, -0.2) is 0 Å². The highest BCUT2D eigenvalue weighted by molar-refractivity contribution is 5.78. The molecule has 0 bridgehead atoms. The highest BCUT2D eigenvalue weighted by Crippen LogP contribution is 2.03. The molecule has 2 heterocycles. The molecule has 9 heteroatoms. The van der Waals surface area contributed by atoms with Crippen molar-refractivity contribution in [3.8, 4) is 24.7 Å². The van der Waals surface area contributed by atoms with Crippen molar-refractivity contribution in [2.45, 2.75) is 65.2 Å². The first-order chi connectivity index (χ1) is 17.0. The van der Waals surface area contributed by atoms with Gasteiger partial charge in [0.2, 0.25) is 11.8 Å². The number of carbonyl (C=O) groups is 2. The largest absolute Gasteiger partial charge is 0.479 e. The molecule has 0 radical (unpaired) electrons. The number of carbonyl (C=O) groups excluding carboxylic acids is 2. The number of ether oxygens (including phenoxy) is 2. The van der Waals surface area contributed by atoms with E-state index in [4.69, 9.17) is 27.4 Å². The fourth-order valence-corrected chi connectivity index (χ4v) is 2.94. The number of terminal acetylenes is 2. The van der Waals surface area contributed by atoms with Gasteiger partial charge in [-0.3, -0.25) is 19.6 Å². The molecule has 35 heavy (non-hydrogen) atoms. The lowest BCUT2D eigenvalue weighted by atomic mass is 10.2. The van der Waals surface area contributed by atoms with Crippen LogP contribution in [-0.4, -0.2) is 86.2 Å². The van der Waals surface area contributed by atoms with Gasteiger partial charge in [-0.15, -0.1) is 24.7 Å². The topological polar surface area (TPSA) is 113 Å². The highest BCUT2D eigenvalue weighted by atomic mass is 16.5. The number of nitrogens with zero attached hydrogens (tertiary/aromatic N) is 3. The minimum absolute atomic E-state index is 0.0226. The lowest BCUT2D eigenvalue weighted by Gasteiger charge is -2.21. The van der Waals surface area contributed by atoms with Crippen LogP contribution in [0.25, 0.3) is 0 Å². The van der Waals surface area contributed by atoms with E-state index >= 15 is 0 Å². The van der Waals surface area contributed by atoms with E-state index in [0.717, 1.165) is 63.8 Å². The first kappa shape index (κ1) is 32.0. The van der Waals surface area contributed by atoms with E-state index in [1.807, 2.05) is 6.92 Å². The second-order valence-corrected chi connectivity index (χ2v) is 7.52. The molecule has 0 aromatic heterocycles. The predicted molar refractivity (Wildman–Crippen MR) is 139 cm³/mol. The molecule has 2 N–H and O–H groups in total. The maximum Gasteiger partial charge on any atom is 0.222 e. The maximum absolute atomic E-state index is 11.5. The molecule has 0 saturated carbocycles. The van der Waals surface area contributed by atoms with Gasteiger partial charge in [0.05, 0.1) is 19.7 Å². The maximum atomic E-state index is 11.5. The van der Waals surface area contributed by atoms with Gasteiger partial charge in [-0.05, 0) is 12.8 Å². The summed E-state index contributed by atoms with van der Waals surface area (Å²) in [6, 6.07) is 0. The molecule has 0 saturated heterocycles. The Morgan fingerprint density at radius 1 is 1.03 bits per heavy atom. The van der Waals surface area contributed by atoms with Crippen LogP contribution in [0, 0.1) is 24.7 Å². The number of aliphatic hydroxyl groups excluding tert-OH is 1. The van der Waals surface area contributed by atoms with Gasteiger partial charge in [0.25, 0.3) is 0 Å². The standard InChI is InChI=1S/C13H22N2O3.C8H11NO.C5H9NO/c1-3-5-6-7-12(17)14-8-9-15(10-11-16)13(18)4-2;1-2-3-4-5-8-9-6-7-10-8;1-2-5-6-3-4-7-5/h1,16H,4-11H2,2H3,(H,14,17);1H,3-7H2;2-4H2,1H3. The van der Waals surface area contributed by atoms with Crippen LogP contribution >= 0.6 is 0 Å². The fourth-order valence-electron chi connectivity index (χ4n) is 2.94. The number of aliphatic imine (C=N–C) groups is 2. The van der Waals surface area contributed by atoms with Gasteiger partial charge in [0.1, 0.15) is 13.2 Å². The molecule has 0 atom stereocenters. The third-order valence-electron chi connectivity index (χ3n) is 4.76. The minimum atomic E-state index is -0.0676.